The molecule has 0 atom stereocenters. The second-order valence-corrected chi connectivity index (χ2v) is 15.2. The van der Waals surface area contributed by atoms with Gasteiger partial charge in [-0.3, -0.25) is 0 Å². The average Bonchev–Trinajstić information content (AvgIpc) is 3.13. The Hall–Kier alpha value is -0.530. The van der Waals surface area contributed by atoms with E-state index in [1.165, 1.54) is 27.8 Å². The summed E-state index contributed by atoms with van der Waals surface area (Å²) in [6.07, 6.45) is 1.05. The van der Waals surface area contributed by atoms with E-state index in [0.29, 0.717) is 0 Å². The molecule has 0 unspecified atom stereocenters. The molecule has 0 spiro atoms. The van der Waals surface area contributed by atoms with Gasteiger partial charge in [0, 0.05) is 0 Å². The van der Waals surface area contributed by atoms with Crippen LogP contribution in [0.15, 0.2) is 66.7 Å². The molecular formula is C21H22Cl2SiZr-2. The zero-order chi connectivity index (χ0) is 16.7. The normalized spacial score (nSPS) is 9.64. The second-order valence-electron chi connectivity index (χ2n) is 5.86. The topological polar surface area (TPSA) is 0 Å². The van der Waals surface area contributed by atoms with Crippen LogP contribution in [-0.2, 0) is 29.8 Å². The molecule has 0 saturated carbocycles. The Kier molecular flexibility index (Phi) is 12.5. The minimum absolute atomic E-state index is 0. The molecule has 0 radical (unpaired) electrons. The van der Waals surface area contributed by atoms with Gasteiger partial charge in [0.25, 0.3) is 0 Å². The largest absolute Gasteiger partial charge is 1.00 e. The van der Waals surface area contributed by atoms with E-state index in [2.05, 4.69) is 74.6 Å². The SMILES string of the molecule is C[Si](C)=[Zr+2].Cc1ccc[cH-]1.[Cl-].[Cl-].[c-]1cccc2c1Cc1ccccc1-2. The molecule has 4 heteroatoms. The average molecular weight is 465 g/mol. The molecule has 3 aromatic carbocycles. The molecule has 0 saturated heterocycles. The molecule has 0 heterocycles. The standard InChI is InChI=1S/C13H9.C6H7.C2H6Si.2ClH.Zr/c1-3-7-12-10(5-1)9-11-6-2-4-8-13(11)12;1-6-4-2-3-5-6;1-3-2;;;/h1-5,7-8H,9H2;2-5H,1H3;1-2H3;2*1H;/q2*-1;;;;+2/p-2. The molecule has 4 rings (SSSR count). The molecule has 0 fully saturated rings. The Labute approximate surface area is 179 Å². The number of fused-ring (bicyclic) bond motifs is 3. The number of hydrogen-bond acceptors (Lipinski definition) is 0. The summed E-state index contributed by atoms with van der Waals surface area (Å²) < 4.78 is 0. The Morgan fingerprint density at radius 1 is 0.960 bits per heavy atom. The van der Waals surface area contributed by atoms with E-state index in [-0.39, 0.29) is 30.2 Å². The third-order valence-corrected chi connectivity index (χ3v) is 3.45. The number of aryl methyl sites for hydroxylation is 1. The van der Waals surface area contributed by atoms with Crippen LogP contribution in [0.5, 0.6) is 0 Å². The van der Waals surface area contributed by atoms with Crippen molar-refractivity contribution in [1.82, 2.24) is 0 Å². The summed E-state index contributed by atoms with van der Waals surface area (Å²) in [7, 11) is 0. The van der Waals surface area contributed by atoms with Gasteiger partial charge in [0.05, 0.1) is 0 Å². The molecule has 1 aliphatic rings. The van der Waals surface area contributed by atoms with Crippen molar-refractivity contribution in [3.63, 3.8) is 0 Å². The third kappa shape index (κ3) is 8.13. The minimum atomic E-state index is 0. The van der Waals surface area contributed by atoms with Gasteiger partial charge in [0.1, 0.15) is 0 Å². The first kappa shape index (κ1) is 24.5. The van der Waals surface area contributed by atoms with E-state index < -0.39 is 0 Å². The fourth-order valence-corrected chi connectivity index (χ4v) is 2.47. The van der Waals surface area contributed by atoms with Gasteiger partial charge in [-0.2, -0.15) is 47.5 Å². The zero-order valence-electron chi connectivity index (χ0n) is 14.8. The molecular weight excluding hydrogens is 442 g/mol. The Morgan fingerprint density at radius 3 is 2.16 bits per heavy atom. The molecule has 3 aromatic rings. The van der Waals surface area contributed by atoms with E-state index in [4.69, 9.17) is 0 Å². The molecule has 1 aliphatic carbocycles. The maximum Gasteiger partial charge on any atom is -0.0253 e. The van der Waals surface area contributed by atoms with Gasteiger partial charge in [-0.15, -0.1) is 5.56 Å². The molecule has 130 valence electrons. The number of hydrogen-bond donors (Lipinski definition) is 0. The Morgan fingerprint density at radius 2 is 1.60 bits per heavy atom. The Bertz CT molecular complexity index is 720. The van der Waals surface area contributed by atoms with Crippen LogP contribution < -0.4 is 24.8 Å². The monoisotopic (exact) mass is 462 g/mol. The van der Waals surface area contributed by atoms with Crippen LogP contribution in [0.1, 0.15) is 16.7 Å². The summed E-state index contributed by atoms with van der Waals surface area (Å²) in [5.74, 6) is 0. The van der Waals surface area contributed by atoms with Gasteiger partial charge in [-0.1, -0.05) is 42.3 Å². The number of halogens is 2. The Balaban J connectivity index is 0.000000410. The summed E-state index contributed by atoms with van der Waals surface area (Å²) >= 11 is 1.74. The molecule has 0 aromatic heterocycles. The fourth-order valence-electron chi connectivity index (χ4n) is 2.47. The summed E-state index contributed by atoms with van der Waals surface area (Å²) in [4.78, 5) is 0. The van der Waals surface area contributed by atoms with Crippen molar-refractivity contribution in [1.29, 1.82) is 0 Å². The maximum absolute atomic E-state index is 3.30. The van der Waals surface area contributed by atoms with Crippen molar-refractivity contribution in [2.45, 2.75) is 26.4 Å². The first-order valence-corrected chi connectivity index (χ1v) is 14.0. The molecule has 25 heavy (non-hydrogen) atoms. The summed E-state index contributed by atoms with van der Waals surface area (Å²) in [5.41, 5.74) is 7.06. The van der Waals surface area contributed by atoms with Crippen molar-refractivity contribution in [2.24, 2.45) is 0 Å². The van der Waals surface area contributed by atoms with Gasteiger partial charge in [0.2, 0.25) is 0 Å². The fraction of sp³-hybridized carbons (Fsp3) is 0.190. The van der Waals surface area contributed by atoms with Gasteiger partial charge in [-0.25, -0.2) is 12.1 Å². The van der Waals surface area contributed by atoms with Crippen LogP contribution >= 0.6 is 0 Å². The first-order chi connectivity index (χ1) is 11.1. The summed E-state index contributed by atoms with van der Waals surface area (Å²) in [6.45, 7) is 6.70. The van der Waals surface area contributed by atoms with Gasteiger partial charge >= 0.3 is 41.9 Å². The van der Waals surface area contributed by atoms with E-state index in [0.717, 1.165) is 6.42 Å². The van der Waals surface area contributed by atoms with Crippen LogP contribution in [-0.4, -0.2) is 5.43 Å². The molecule has 0 amide bonds. The van der Waals surface area contributed by atoms with E-state index in [1.807, 2.05) is 18.2 Å². The summed E-state index contributed by atoms with van der Waals surface area (Å²) in [5, 5.41) is 0. The predicted molar refractivity (Wildman–Crippen MR) is 97.8 cm³/mol. The molecule has 0 N–H and O–H groups in total. The smallest absolute Gasteiger partial charge is 0.0253 e. The van der Waals surface area contributed by atoms with Crippen LogP contribution in [0.2, 0.25) is 13.1 Å². The quantitative estimate of drug-likeness (QED) is 0.245. The predicted octanol–water partition coefficient (Wildman–Crippen LogP) is -0.436. The molecule has 0 aliphatic heterocycles. The molecule has 0 nitrogen and oxygen atoms in total. The first-order valence-electron chi connectivity index (χ1n) is 7.86. The number of benzene rings is 2. The van der Waals surface area contributed by atoms with Gasteiger partial charge in [0.15, 0.2) is 0 Å². The van der Waals surface area contributed by atoms with Crippen LogP contribution in [0, 0.1) is 13.0 Å². The van der Waals surface area contributed by atoms with Crippen molar-refractivity contribution in [2.75, 3.05) is 0 Å². The van der Waals surface area contributed by atoms with Crippen LogP contribution in [0.3, 0.4) is 0 Å². The van der Waals surface area contributed by atoms with Crippen LogP contribution in [0.4, 0.5) is 0 Å². The molecule has 0 bridgehead atoms. The second kappa shape index (κ2) is 12.8. The maximum atomic E-state index is 3.30. The van der Waals surface area contributed by atoms with E-state index in [1.54, 1.807) is 23.3 Å². The summed E-state index contributed by atoms with van der Waals surface area (Å²) in [6, 6.07) is 26.3. The van der Waals surface area contributed by atoms with Crippen molar-refractivity contribution in [3.05, 3.63) is 89.5 Å². The minimum Gasteiger partial charge on any atom is -1.00 e. The van der Waals surface area contributed by atoms with E-state index >= 15 is 0 Å². The zero-order valence-corrected chi connectivity index (χ0v) is 19.8. The van der Waals surface area contributed by atoms with Gasteiger partial charge in [-0.05, 0) is 6.42 Å². The van der Waals surface area contributed by atoms with Crippen molar-refractivity contribution in [3.8, 4) is 11.1 Å². The van der Waals surface area contributed by atoms with E-state index in [9.17, 15) is 0 Å². The third-order valence-electron chi connectivity index (χ3n) is 3.45. The van der Waals surface area contributed by atoms with Crippen molar-refractivity contribution < 1.29 is 48.1 Å². The van der Waals surface area contributed by atoms with Crippen molar-refractivity contribution >= 4 is 5.43 Å². The number of rotatable bonds is 0. The van der Waals surface area contributed by atoms with Gasteiger partial charge < -0.3 is 24.8 Å². The van der Waals surface area contributed by atoms with Crippen LogP contribution in [0.25, 0.3) is 11.1 Å².